The third kappa shape index (κ3) is 3.94. The zero-order chi connectivity index (χ0) is 14.0. The maximum Gasteiger partial charge on any atom is 0.416 e. The lowest BCUT2D eigenvalue weighted by molar-refractivity contribution is -0.137. The largest absolute Gasteiger partial charge is 0.416 e. The fraction of sp³-hybridized carbons (Fsp3) is 0.333. The fourth-order valence-electron chi connectivity index (χ4n) is 1.16. The topological polar surface area (TPSA) is 72.2 Å². The van der Waals surface area contributed by atoms with Crippen molar-refractivity contribution < 1.29 is 21.6 Å². The molecule has 9 heteroatoms. The predicted molar refractivity (Wildman–Crippen MR) is 63.4 cm³/mol. The number of alkyl halides is 3. The number of nitrogens with two attached hydrogens (primary N) is 1. The normalized spacial score (nSPS) is 12.7. The molecule has 0 radical (unpaired) electrons. The summed E-state index contributed by atoms with van der Waals surface area (Å²) in [7, 11) is -3.99. The fourth-order valence-corrected chi connectivity index (χ4v) is 2.92. The molecule has 0 aromatic heterocycles. The second-order valence-electron chi connectivity index (χ2n) is 3.36. The number of hydrogen-bond acceptors (Lipinski definition) is 3. The van der Waals surface area contributed by atoms with Gasteiger partial charge in [-0.1, -0.05) is 15.9 Å². The molecule has 0 spiro atoms. The number of benzene rings is 1. The van der Waals surface area contributed by atoms with Gasteiger partial charge >= 0.3 is 6.18 Å². The van der Waals surface area contributed by atoms with Crippen LogP contribution >= 0.6 is 15.9 Å². The van der Waals surface area contributed by atoms with Crippen LogP contribution in [-0.4, -0.2) is 21.5 Å². The SMILES string of the molecule is NCCNS(=O)(=O)c1cc(Br)cc(C(F)(F)F)c1. The Bertz CT molecular complexity index is 531. The molecule has 0 atom stereocenters. The van der Waals surface area contributed by atoms with E-state index in [0.29, 0.717) is 6.07 Å². The van der Waals surface area contributed by atoms with E-state index in [1.165, 1.54) is 0 Å². The second kappa shape index (κ2) is 5.55. The molecular weight excluding hydrogens is 337 g/mol. The van der Waals surface area contributed by atoms with E-state index in [9.17, 15) is 21.6 Å². The molecule has 1 aromatic rings. The Labute approximate surface area is 111 Å². The van der Waals surface area contributed by atoms with Crippen molar-refractivity contribution in [2.24, 2.45) is 5.73 Å². The summed E-state index contributed by atoms with van der Waals surface area (Å²) in [5, 5.41) is 0. The monoisotopic (exact) mass is 346 g/mol. The van der Waals surface area contributed by atoms with Crippen LogP contribution in [0.3, 0.4) is 0 Å². The number of halogens is 4. The molecular formula is C9H10BrF3N2O2S. The molecule has 4 nitrogen and oxygen atoms in total. The summed E-state index contributed by atoms with van der Waals surface area (Å²) in [6.07, 6.45) is -4.61. The highest BCUT2D eigenvalue weighted by Crippen LogP contribution is 2.32. The summed E-state index contributed by atoms with van der Waals surface area (Å²) in [4.78, 5) is -0.461. The van der Waals surface area contributed by atoms with Crippen LogP contribution in [0.2, 0.25) is 0 Å². The van der Waals surface area contributed by atoms with Crippen molar-refractivity contribution in [2.45, 2.75) is 11.1 Å². The Kier molecular flexibility index (Phi) is 4.76. The average molecular weight is 347 g/mol. The molecule has 0 bridgehead atoms. The van der Waals surface area contributed by atoms with Gasteiger partial charge in [0.1, 0.15) is 0 Å². The summed E-state index contributed by atoms with van der Waals surface area (Å²) < 4.78 is 63.1. The van der Waals surface area contributed by atoms with Gasteiger partial charge in [-0.25, -0.2) is 13.1 Å². The van der Waals surface area contributed by atoms with Crippen molar-refractivity contribution in [2.75, 3.05) is 13.1 Å². The molecule has 0 amide bonds. The van der Waals surface area contributed by atoms with Crippen molar-refractivity contribution >= 4 is 26.0 Å². The smallest absolute Gasteiger partial charge is 0.329 e. The Hall–Kier alpha value is -0.640. The Morgan fingerprint density at radius 3 is 2.39 bits per heavy atom. The minimum absolute atomic E-state index is 0.0328. The predicted octanol–water partition coefficient (Wildman–Crippen LogP) is 1.70. The van der Waals surface area contributed by atoms with E-state index in [0.717, 1.165) is 12.1 Å². The van der Waals surface area contributed by atoms with Crippen LogP contribution in [0.25, 0.3) is 0 Å². The summed E-state index contributed by atoms with van der Waals surface area (Å²) in [6.45, 7) is 0.00948. The maximum absolute atomic E-state index is 12.5. The van der Waals surface area contributed by atoms with Gasteiger partial charge in [-0.2, -0.15) is 13.2 Å². The van der Waals surface area contributed by atoms with Crippen LogP contribution in [0.4, 0.5) is 13.2 Å². The van der Waals surface area contributed by atoms with Crippen molar-refractivity contribution in [3.8, 4) is 0 Å². The van der Waals surface area contributed by atoms with Crippen LogP contribution in [0.1, 0.15) is 5.56 Å². The van der Waals surface area contributed by atoms with Crippen LogP contribution in [0, 0.1) is 0 Å². The molecule has 1 aromatic carbocycles. The van der Waals surface area contributed by atoms with Gasteiger partial charge in [-0.15, -0.1) is 0 Å². The van der Waals surface area contributed by atoms with E-state index in [1.54, 1.807) is 0 Å². The van der Waals surface area contributed by atoms with E-state index >= 15 is 0 Å². The van der Waals surface area contributed by atoms with E-state index in [-0.39, 0.29) is 17.6 Å². The molecule has 102 valence electrons. The van der Waals surface area contributed by atoms with Gasteiger partial charge in [0.15, 0.2) is 0 Å². The van der Waals surface area contributed by atoms with Crippen LogP contribution in [-0.2, 0) is 16.2 Å². The number of rotatable bonds is 4. The third-order valence-corrected chi connectivity index (χ3v) is 3.84. The Balaban J connectivity index is 3.22. The van der Waals surface area contributed by atoms with Crippen LogP contribution in [0.5, 0.6) is 0 Å². The molecule has 0 aliphatic heterocycles. The lowest BCUT2D eigenvalue weighted by Crippen LogP contribution is -2.29. The molecule has 0 aliphatic rings. The van der Waals surface area contributed by atoms with Gasteiger partial charge in [0, 0.05) is 17.6 Å². The number of hydrogen-bond donors (Lipinski definition) is 2. The van der Waals surface area contributed by atoms with Crippen molar-refractivity contribution in [1.29, 1.82) is 0 Å². The highest BCUT2D eigenvalue weighted by atomic mass is 79.9. The first-order valence-electron chi connectivity index (χ1n) is 4.74. The summed E-state index contributed by atoms with van der Waals surface area (Å²) in [5.41, 5.74) is 4.09. The molecule has 0 fully saturated rings. The number of nitrogens with one attached hydrogen (secondary N) is 1. The molecule has 0 aliphatic carbocycles. The summed E-state index contributed by atoms with van der Waals surface area (Å²) in [5.74, 6) is 0. The minimum Gasteiger partial charge on any atom is -0.329 e. The minimum atomic E-state index is -4.61. The molecule has 1 rings (SSSR count). The first kappa shape index (κ1) is 15.4. The molecule has 0 saturated heterocycles. The standard InChI is InChI=1S/C9H10BrF3N2O2S/c10-7-3-6(9(11,12)13)4-8(5-7)18(16,17)15-2-1-14/h3-5,15H,1-2,14H2. The zero-order valence-electron chi connectivity index (χ0n) is 8.96. The van der Waals surface area contributed by atoms with E-state index in [1.807, 2.05) is 0 Å². The highest BCUT2D eigenvalue weighted by molar-refractivity contribution is 9.10. The van der Waals surface area contributed by atoms with Crippen molar-refractivity contribution in [3.63, 3.8) is 0 Å². The Morgan fingerprint density at radius 1 is 1.28 bits per heavy atom. The van der Waals surface area contributed by atoms with Gasteiger partial charge in [-0.05, 0) is 18.2 Å². The van der Waals surface area contributed by atoms with Gasteiger partial charge < -0.3 is 5.73 Å². The molecule has 3 N–H and O–H groups in total. The van der Waals surface area contributed by atoms with Crippen molar-refractivity contribution in [1.82, 2.24) is 4.72 Å². The Morgan fingerprint density at radius 2 is 1.89 bits per heavy atom. The highest BCUT2D eigenvalue weighted by Gasteiger charge is 2.32. The van der Waals surface area contributed by atoms with Gasteiger partial charge in [0.2, 0.25) is 10.0 Å². The maximum atomic E-state index is 12.5. The zero-order valence-corrected chi connectivity index (χ0v) is 11.4. The lowest BCUT2D eigenvalue weighted by Gasteiger charge is -2.11. The molecule has 0 unspecified atom stereocenters. The van der Waals surface area contributed by atoms with Crippen LogP contribution in [0.15, 0.2) is 27.6 Å². The first-order valence-corrected chi connectivity index (χ1v) is 7.02. The number of sulfonamides is 1. The van der Waals surface area contributed by atoms with E-state index in [2.05, 4.69) is 20.7 Å². The third-order valence-electron chi connectivity index (χ3n) is 1.95. The molecule has 0 heterocycles. The first-order chi connectivity index (χ1) is 8.16. The second-order valence-corrected chi connectivity index (χ2v) is 6.04. The van der Waals surface area contributed by atoms with Gasteiger partial charge in [0.25, 0.3) is 0 Å². The lowest BCUT2D eigenvalue weighted by atomic mass is 10.2. The van der Waals surface area contributed by atoms with Crippen LogP contribution < -0.4 is 10.5 Å². The quantitative estimate of drug-likeness (QED) is 0.871. The summed E-state index contributed by atoms with van der Waals surface area (Å²) in [6, 6.07) is 2.47. The average Bonchev–Trinajstić information content (AvgIpc) is 2.24. The van der Waals surface area contributed by atoms with E-state index < -0.39 is 26.7 Å². The molecule has 18 heavy (non-hydrogen) atoms. The van der Waals surface area contributed by atoms with Gasteiger partial charge in [-0.3, -0.25) is 0 Å². The van der Waals surface area contributed by atoms with Gasteiger partial charge in [0.05, 0.1) is 10.5 Å². The molecule has 0 saturated carbocycles. The van der Waals surface area contributed by atoms with E-state index in [4.69, 9.17) is 5.73 Å². The summed E-state index contributed by atoms with van der Waals surface area (Å²) >= 11 is 2.85. The van der Waals surface area contributed by atoms with Crippen molar-refractivity contribution in [3.05, 3.63) is 28.2 Å².